The number of halogens is 2. The molecular weight excluding hydrogens is 348 g/mol. The van der Waals surface area contributed by atoms with Crippen LogP contribution in [0.25, 0.3) is 0 Å². The Hall–Kier alpha value is -0.500. The first-order valence-corrected chi connectivity index (χ1v) is 4.56. The molecule has 0 atom stereocenters. The van der Waals surface area contributed by atoms with Crippen molar-refractivity contribution in [3.8, 4) is 0 Å². The second-order valence-electron chi connectivity index (χ2n) is 2.88. The molecule has 0 aromatic rings. The Labute approximate surface area is 115 Å². The molecule has 0 rings (SSSR count). The van der Waals surface area contributed by atoms with Crippen molar-refractivity contribution in [1.82, 2.24) is 10.6 Å². The van der Waals surface area contributed by atoms with Crippen LogP contribution in [0.1, 0.15) is 25.7 Å². The summed E-state index contributed by atoms with van der Waals surface area (Å²) in [5, 5.41) is 21.0. The first-order valence-electron chi connectivity index (χ1n) is 4.56. The Morgan fingerprint density at radius 2 is 1.06 bits per heavy atom. The Bertz CT molecular complexity index is 173. The number of amides is 2. The summed E-state index contributed by atoms with van der Waals surface area (Å²) in [6.45, 7) is 0.920. The Balaban J connectivity index is -0.000000845. The van der Waals surface area contributed by atoms with Crippen molar-refractivity contribution in [3.05, 3.63) is 0 Å². The number of carboxylic acid groups (broad SMARTS) is 2. The summed E-state index contributed by atoms with van der Waals surface area (Å²) in [7, 11) is 0. The summed E-state index contributed by atoms with van der Waals surface area (Å²) < 4.78 is 0. The lowest BCUT2D eigenvalue weighted by Gasteiger charge is -2.01. The lowest BCUT2D eigenvalue weighted by atomic mass is 10.2. The molecule has 0 aliphatic carbocycles. The van der Waals surface area contributed by atoms with Gasteiger partial charge < -0.3 is 20.8 Å². The van der Waals surface area contributed by atoms with E-state index in [4.69, 9.17) is 10.2 Å². The largest absolute Gasteiger partial charge is 0.465 e. The van der Waals surface area contributed by atoms with Crippen LogP contribution in [-0.2, 0) is 0 Å². The predicted octanol–water partition coefficient (Wildman–Crippen LogP) is 2.24. The highest BCUT2D eigenvalue weighted by molar-refractivity contribution is 8.93. The van der Waals surface area contributed by atoms with Crippen molar-refractivity contribution < 1.29 is 19.8 Å². The first kappa shape index (κ1) is 20.9. The lowest BCUT2D eigenvalue weighted by Crippen LogP contribution is -2.22. The van der Waals surface area contributed by atoms with Gasteiger partial charge in [-0.05, 0) is 12.8 Å². The van der Waals surface area contributed by atoms with Crippen molar-refractivity contribution in [1.29, 1.82) is 0 Å². The molecule has 0 bridgehead atoms. The summed E-state index contributed by atoms with van der Waals surface area (Å²) in [5.41, 5.74) is 0. The average Bonchev–Trinajstić information content (AvgIpc) is 2.08. The van der Waals surface area contributed by atoms with Crippen molar-refractivity contribution in [2.24, 2.45) is 0 Å². The highest BCUT2D eigenvalue weighted by Gasteiger charge is 1.95. The maximum atomic E-state index is 10.0. The third-order valence-electron chi connectivity index (χ3n) is 1.66. The molecular formula is C8H18Br2N2O4. The fourth-order valence-corrected chi connectivity index (χ4v) is 0.994. The zero-order chi connectivity index (χ0) is 10.8. The zero-order valence-corrected chi connectivity index (χ0v) is 12.2. The maximum absolute atomic E-state index is 10.0. The zero-order valence-electron chi connectivity index (χ0n) is 8.77. The minimum absolute atomic E-state index is 0. The van der Waals surface area contributed by atoms with Gasteiger partial charge in [0.15, 0.2) is 0 Å². The maximum Gasteiger partial charge on any atom is 0.404 e. The molecule has 2 amide bonds. The van der Waals surface area contributed by atoms with Crippen LogP contribution in [0.3, 0.4) is 0 Å². The van der Waals surface area contributed by atoms with E-state index in [-0.39, 0.29) is 34.0 Å². The standard InChI is InChI=1S/C8H16N2O4.2BrH/c11-7(12)9-5-3-1-2-4-6-10-8(13)14;;/h9-10H,1-6H2,(H,11,12)(H,13,14);2*1H. The van der Waals surface area contributed by atoms with Crippen LogP contribution in [0.2, 0.25) is 0 Å². The van der Waals surface area contributed by atoms with Gasteiger partial charge in [0, 0.05) is 13.1 Å². The highest BCUT2D eigenvalue weighted by atomic mass is 79.9. The third kappa shape index (κ3) is 19.1. The van der Waals surface area contributed by atoms with E-state index in [0.29, 0.717) is 13.1 Å². The van der Waals surface area contributed by atoms with Gasteiger partial charge in [0.1, 0.15) is 0 Å². The average molecular weight is 366 g/mol. The summed E-state index contributed by atoms with van der Waals surface area (Å²) in [6.07, 6.45) is 1.39. The molecule has 0 aromatic heterocycles. The number of unbranched alkanes of at least 4 members (excludes halogenated alkanes) is 3. The van der Waals surface area contributed by atoms with E-state index < -0.39 is 12.2 Å². The van der Waals surface area contributed by atoms with Crippen molar-refractivity contribution >= 4 is 46.1 Å². The summed E-state index contributed by atoms with van der Waals surface area (Å²) in [5.74, 6) is 0. The molecule has 0 aromatic carbocycles. The van der Waals surface area contributed by atoms with Gasteiger partial charge in [-0.3, -0.25) is 0 Å². The normalized spacial score (nSPS) is 8.25. The van der Waals surface area contributed by atoms with Gasteiger partial charge in [0.25, 0.3) is 0 Å². The van der Waals surface area contributed by atoms with Crippen LogP contribution < -0.4 is 10.6 Å². The van der Waals surface area contributed by atoms with Crippen LogP contribution >= 0.6 is 34.0 Å². The number of nitrogens with one attached hydrogen (secondary N) is 2. The third-order valence-corrected chi connectivity index (χ3v) is 1.66. The molecule has 0 radical (unpaired) electrons. The van der Waals surface area contributed by atoms with E-state index in [1.807, 2.05) is 0 Å². The van der Waals surface area contributed by atoms with E-state index in [1.165, 1.54) is 0 Å². The van der Waals surface area contributed by atoms with E-state index in [0.717, 1.165) is 25.7 Å². The van der Waals surface area contributed by atoms with Gasteiger partial charge in [0.2, 0.25) is 0 Å². The van der Waals surface area contributed by atoms with Gasteiger partial charge in [-0.15, -0.1) is 34.0 Å². The van der Waals surface area contributed by atoms with Gasteiger partial charge in [0.05, 0.1) is 0 Å². The minimum atomic E-state index is -1.00. The van der Waals surface area contributed by atoms with Crippen molar-refractivity contribution in [2.75, 3.05) is 13.1 Å². The fraction of sp³-hybridized carbons (Fsp3) is 0.750. The minimum Gasteiger partial charge on any atom is -0.465 e. The lowest BCUT2D eigenvalue weighted by molar-refractivity contribution is 0.192. The van der Waals surface area contributed by atoms with E-state index in [1.54, 1.807) is 0 Å². The van der Waals surface area contributed by atoms with Crippen LogP contribution in [0.15, 0.2) is 0 Å². The van der Waals surface area contributed by atoms with Crippen LogP contribution in [0.4, 0.5) is 9.59 Å². The van der Waals surface area contributed by atoms with Crippen LogP contribution in [-0.4, -0.2) is 35.5 Å². The number of carbonyl (C=O) groups is 2. The molecule has 8 heteroatoms. The molecule has 4 N–H and O–H groups in total. The monoisotopic (exact) mass is 364 g/mol. The molecule has 16 heavy (non-hydrogen) atoms. The Kier molecular flexibility index (Phi) is 18.9. The van der Waals surface area contributed by atoms with E-state index in [9.17, 15) is 9.59 Å². The Morgan fingerprint density at radius 3 is 1.31 bits per heavy atom. The van der Waals surface area contributed by atoms with E-state index in [2.05, 4.69) is 10.6 Å². The second-order valence-corrected chi connectivity index (χ2v) is 2.88. The Morgan fingerprint density at radius 1 is 0.750 bits per heavy atom. The fourth-order valence-electron chi connectivity index (χ4n) is 0.994. The summed E-state index contributed by atoms with van der Waals surface area (Å²) in [6, 6.07) is 0. The van der Waals surface area contributed by atoms with Crippen LogP contribution in [0.5, 0.6) is 0 Å². The molecule has 0 spiro atoms. The number of hydrogen-bond donors (Lipinski definition) is 4. The topological polar surface area (TPSA) is 98.7 Å². The van der Waals surface area contributed by atoms with Gasteiger partial charge >= 0.3 is 12.2 Å². The first-order chi connectivity index (χ1) is 6.63. The summed E-state index contributed by atoms with van der Waals surface area (Å²) >= 11 is 0. The quantitative estimate of drug-likeness (QED) is 0.520. The molecule has 0 saturated carbocycles. The number of hydrogen-bond acceptors (Lipinski definition) is 2. The molecule has 0 fully saturated rings. The SMILES string of the molecule is Br.Br.O=C(O)NCCCCCCNC(=O)O. The van der Waals surface area contributed by atoms with Gasteiger partial charge in [-0.25, -0.2) is 9.59 Å². The molecule has 0 saturated heterocycles. The predicted molar refractivity (Wildman–Crippen MR) is 71.2 cm³/mol. The van der Waals surface area contributed by atoms with Crippen molar-refractivity contribution in [2.45, 2.75) is 25.7 Å². The molecule has 0 aliphatic rings. The second kappa shape index (κ2) is 14.5. The van der Waals surface area contributed by atoms with Gasteiger partial charge in [-0.1, -0.05) is 12.8 Å². The smallest absolute Gasteiger partial charge is 0.404 e. The van der Waals surface area contributed by atoms with E-state index >= 15 is 0 Å². The molecule has 0 unspecified atom stereocenters. The molecule has 0 aliphatic heterocycles. The molecule has 0 heterocycles. The highest BCUT2D eigenvalue weighted by Crippen LogP contribution is 1.97. The van der Waals surface area contributed by atoms with Crippen LogP contribution in [0, 0.1) is 0 Å². The molecule has 6 nitrogen and oxygen atoms in total. The number of rotatable bonds is 7. The summed E-state index contributed by atoms with van der Waals surface area (Å²) in [4.78, 5) is 20.0. The van der Waals surface area contributed by atoms with Gasteiger partial charge in [-0.2, -0.15) is 0 Å². The molecule has 98 valence electrons. The van der Waals surface area contributed by atoms with Crippen molar-refractivity contribution in [3.63, 3.8) is 0 Å².